The van der Waals surface area contributed by atoms with Crippen LogP contribution in [0.2, 0.25) is 6.82 Å². The summed E-state index contributed by atoms with van der Waals surface area (Å²) >= 11 is 0. The maximum absolute atomic E-state index is 13.1. The molecule has 1 N–H and O–H groups in total. The first kappa shape index (κ1) is 20.2. The summed E-state index contributed by atoms with van der Waals surface area (Å²) in [5.74, 6) is 1.52. The van der Waals surface area contributed by atoms with E-state index < -0.39 is 0 Å². The fraction of sp³-hybridized carbons (Fsp3) is 0.250. The van der Waals surface area contributed by atoms with E-state index in [1.165, 1.54) is 11.0 Å². The summed E-state index contributed by atoms with van der Waals surface area (Å²) in [6, 6.07) is 12.2. The van der Waals surface area contributed by atoms with E-state index in [-0.39, 0.29) is 5.56 Å². The minimum atomic E-state index is -0.158. The Hall–Kier alpha value is -3.68. The van der Waals surface area contributed by atoms with E-state index >= 15 is 0 Å². The van der Waals surface area contributed by atoms with Gasteiger partial charge in [-0.2, -0.15) is 4.98 Å². The van der Waals surface area contributed by atoms with Crippen molar-refractivity contribution < 1.29 is 0 Å². The van der Waals surface area contributed by atoms with Crippen LogP contribution in [0.1, 0.15) is 30.5 Å². The molecule has 0 spiro atoms. The molecule has 0 fully saturated rings. The van der Waals surface area contributed by atoms with Crippen molar-refractivity contribution in [2.75, 3.05) is 5.32 Å². The van der Waals surface area contributed by atoms with Crippen molar-refractivity contribution in [2.24, 2.45) is 0 Å². The molecule has 5 rings (SSSR count). The van der Waals surface area contributed by atoms with E-state index in [1.54, 1.807) is 21.6 Å². The standard InChI is InChI=1S/C24H25BN6O/c1-4-13-30-23(32)19-14-26-24(27-18-10-8-17(25-3)9-11-18)29-22(19)31(30)20-12-7-16-6-5-15(2)21(16)28-20/h4,7-12,14-15,25H,1,5-6,13H2,2-3H3,(H,26,27,29)/t15-/m0/s1. The first-order chi connectivity index (χ1) is 15.6. The van der Waals surface area contributed by atoms with Gasteiger partial charge in [-0.3, -0.25) is 4.79 Å². The summed E-state index contributed by atoms with van der Waals surface area (Å²) in [4.78, 5) is 27.1. The Labute approximate surface area is 187 Å². The first-order valence-corrected chi connectivity index (χ1v) is 11.0. The molecule has 160 valence electrons. The van der Waals surface area contributed by atoms with Crippen LogP contribution in [0, 0.1) is 0 Å². The Morgan fingerprint density at radius 3 is 2.78 bits per heavy atom. The predicted octanol–water partition coefficient (Wildman–Crippen LogP) is 3.07. The number of rotatable bonds is 6. The molecule has 1 atom stereocenters. The third-order valence-electron chi connectivity index (χ3n) is 6.12. The molecule has 3 aromatic heterocycles. The maximum Gasteiger partial charge on any atom is 0.278 e. The lowest BCUT2D eigenvalue weighted by Crippen LogP contribution is -2.22. The molecule has 32 heavy (non-hydrogen) atoms. The lowest BCUT2D eigenvalue weighted by Gasteiger charge is -2.13. The van der Waals surface area contributed by atoms with Gasteiger partial charge in [-0.15, -0.1) is 6.58 Å². The molecule has 0 bridgehead atoms. The van der Waals surface area contributed by atoms with Crippen molar-refractivity contribution >= 4 is 35.4 Å². The number of hydrogen-bond acceptors (Lipinski definition) is 5. The SMILES string of the molecule is C=CCn1c(=O)c2cnc(Nc3ccc(BC)cc3)nc2n1-c1ccc2c(n1)[C@@H](C)CC2. The molecule has 7 nitrogen and oxygen atoms in total. The zero-order valence-electron chi connectivity index (χ0n) is 18.4. The van der Waals surface area contributed by atoms with Crippen molar-refractivity contribution in [1.29, 1.82) is 0 Å². The van der Waals surface area contributed by atoms with Crippen molar-refractivity contribution in [1.82, 2.24) is 24.3 Å². The highest BCUT2D eigenvalue weighted by atomic mass is 16.1. The van der Waals surface area contributed by atoms with E-state index in [1.807, 2.05) is 18.2 Å². The molecule has 0 aliphatic heterocycles. The molecular formula is C24H25BN6O. The smallest absolute Gasteiger partial charge is 0.278 e. The lowest BCUT2D eigenvalue weighted by molar-refractivity contribution is 0.594. The zero-order valence-corrected chi connectivity index (χ0v) is 18.4. The summed E-state index contributed by atoms with van der Waals surface area (Å²) < 4.78 is 3.40. The fourth-order valence-corrected chi connectivity index (χ4v) is 4.32. The van der Waals surface area contributed by atoms with Gasteiger partial charge in [0.15, 0.2) is 18.7 Å². The van der Waals surface area contributed by atoms with Crippen LogP contribution in [0.15, 0.2) is 60.0 Å². The third kappa shape index (κ3) is 3.41. The molecular weight excluding hydrogens is 399 g/mol. The van der Waals surface area contributed by atoms with E-state index in [4.69, 9.17) is 9.97 Å². The fourth-order valence-electron chi connectivity index (χ4n) is 4.32. The largest absolute Gasteiger partial charge is 0.324 e. The minimum Gasteiger partial charge on any atom is -0.324 e. The van der Waals surface area contributed by atoms with E-state index in [9.17, 15) is 4.79 Å². The number of hydrogen-bond donors (Lipinski definition) is 1. The Bertz CT molecular complexity index is 1370. The second-order valence-corrected chi connectivity index (χ2v) is 8.25. The topological polar surface area (TPSA) is 77.6 Å². The molecule has 1 aromatic carbocycles. The number of aryl methyl sites for hydroxylation is 1. The highest BCUT2D eigenvalue weighted by Gasteiger charge is 2.23. The number of anilines is 2. The Kier molecular flexibility index (Phi) is 5.13. The number of nitrogens with zero attached hydrogens (tertiary/aromatic N) is 5. The number of allylic oxidation sites excluding steroid dienone is 1. The van der Waals surface area contributed by atoms with Crippen LogP contribution in [-0.4, -0.2) is 31.6 Å². The third-order valence-corrected chi connectivity index (χ3v) is 6.12. The van der Waals surface area contributed by atoms with Crippen molar-refractivity contribution in [3.8, 4) is 5.82 Å². The minimum absolute atomic E-state index is 0.158. The number of nitrogens with one attached hydrogen (secondary N) is 1. The second-order valence-electron chi connectivity index (χ2n) is 8.25. The van der Waals surface area contributed by atoms with Crippen LogP contribution in [0.4, 0.5) is 11.6 Å². The number of aromatic nitrogens is 5. The van der Waals surface area contributed by atoms with Gasteiger partial charge in [0.05, 0.1) is 6.54 Å². The average Bonchev–Trinajstić information content (AvgIpc) is 3.31. The molecule has 0 saturated carbocycles. The van der Waals surface area contributed by atoms with Gasteiger partial charge in [0.1, 0.15) is 5.39 Å². The van der Waals surface area contributed by atoms with Crippen molar-refractivity contribution in [3.63, 3.8) is 0 Å². The van der Waals surface area contributed by atoms with Crippen LogP contribution in [0.5, 0.6) is 0 Å². The van der Waals surface area contributed by atoms with Gasteiger partial charge in [-0.25, -0.2) is 19.3 Å². The van der Waals surface area contributed by atoms with E-state index in [2.05, 4.69) is 48.8 Å². The zero-order chi connectivity index (χ0) is 22.2. The van der Waals surface area contributed by atoms with Gasteiger partial charge in [-0.1, -0.05) is 43.5 Å². The summed E-state index contributed by atoms with van der Waals surface area (Å²) in [6.45, 7) is 8.49. The first-order valence-electron chi connectivity index (χ1n) is 11.0. The Balaban J connectivity index is 1.64. The van der Waals surface area contributed by atoms with Crippen LogP contribution in [0.25, 0.3) is 16.9 Å². The molecule has 0 unspecified atom stereocenters. The molecule has 8 heteroatoms. The maximum atomic E-state index is 13.1. The van der Waals surface area contributed by atoms with Crippen molar-refractivity contribution in [2.45, 2.75) is 39.1 Å². The quantitative estimate of drug-likeness (QED) is 0.380. The van der Waals surface area contributed by atoms with Gasteiger partial charge in [0, 0.05) is 17.6 Å². The van der Waals surface area contributed by atoms with Crippen molar-refractivity contribution in [3.05, 3.63) is 76.9 Å². The lowest BCUT2D eigenvalue weighted by atomic mass is 9.73. The van der Waals surface area contributed by atoms with E-state index in [0.29, 0.717) is 35.3 Å². The van der Waals surface area contributed by atoms with E-state index in [0.717, 1.165) is 31.5 Å². The average molecular weight is 424 g/mol. The summed E-state index contributed by atoms with van der Waals surface area (Å²) in [5, 5.41) is 3.70. The molecule has 1 aliphatic rings. The highest BCUT2D eigenvalue weighted by molar-refractivity contribution is 6.51. The monoisotopic (exact) mass is 424 g/mol. The van der Waals surface area contributed by atoms with Crippen LogP contribution in [0.3, 0.4) is 0 Å². The van der Waals surface area contributed by atoms with Gasteiger partial charge >= 0.3 is 0 Å². The van der Waals surface area contributed by atoms with Gasteiger partial charge in [0.2, 0.25) is 5.95 Å². The summed E-state index contributed by atoms with van der Waals surface area (Å²) in [7, 11) is 0.984. The molecule has 4 aromatic rings. The normalized spacial score (nSPS) is 15.0. The Morgan fingerprint density at radius 1 is 1.22 bits per heavy atom. The predicted molar refractivity (Wildman–Crippen MR) is 130 cm³/mol. The Morgan fingerprint density at radius 2 is 2.03 bits per heavy atom. The number of benzene rings is 1. The number of fused-ring (bicyclic) bond motifs is 2. The van der Waals surface area contributed by atoms with Crippen LogP contribution < -0.4 is 16.3 Å². The van der Waals surface area contributed by atoms with Gasteiger partial charge in [-0.05, 0) is 42.5 Å². The highest BCUT2D eigenvalue weighted by Crippen LogP contribution is 2.32. The molecule has 0 amide bonds. The summed E-state index contributed by atoms with van der Waals surface area (Å²) in [6.07, 6.45) is 5.43. The second kappa shape index (κ2) is 8.11. The van der Waals surface area contributed by atoms with Gasteiger partial charge in [0.25, 0.3) is 5.56 Å². The molecule has 0 saturated heterocycles. The molecule has 0 radical (unpaired) electrons. The van der Waals surface area contributed by atoms with Crippen LogP contribution >= 0.6 is 0 Å². The molecule has 1 aliphatic carbocycles. The summed E-state index contributed by atoms with van der Waals surface area (Å²) in [5.41, 5.74) is 4.91. The number of pyridine rings is 1. The van der Waals surface area contributed by atoms with Crippen LogP contribution in [-0.2, 0) is 13.0 Å². The molecule has 3 heterocycles. The van der Waals surface area contributed by atoms with Gasteiger partial charge < -0.3 is 5.32 Å².